The molecule has 4 N–H and O–H groups in total. The second-order valence-electron chi connectivity index (χ2n) is 9.96. The fourth-order valence-corrected chi connectivity index (χ4v) is 6.15. The van der Waals surface area contributed by atoms with Crippen molar-refractivity contribution in [1.82, 2.24) is 25.3 Å². The van der Waals surface area contributed by atoms with E-state index in [0.29, 0.717) is 36.4 Å². The van der Waals surface area contributed by atoms with Crippen LogP contribution < -0.4 is 30.9 Å². The van der Waals surface area contributed by atoms with E-state index in [0.717, 1.165) is 57.5 Å². The third-order valence-corrected chi connectivity index (χ3v) is 8.32. The molecule has 1 aliphatic heterocycles. The molecule has 0 aliphatic carbocycles. The highest BCUT2D eigenvalue weighted by Gasteiger charge is 2.21. The van der Waals surface area contributed by atoms with E-state index >= 15 is 0 Å². The quantitative estimate of drug-likeness (QED) is 0.154. The molecule has 4 aromatic rings. The molecule has 0 saturated carbocycles. The highest BCUT2D eigenvalue weighted by Crippen LogP contribution is 2.38. The number of anilines is 5. The van der Waals surface area contributed by atoms with Crippen LogP contribution in [0.1, 0.15) is 11.1 Å². The van der Waals surface area contributed by atoms with Crippen molar-refractivity contribution >= 4 is 64.9 Å². The standard InChI is InChI=1S/C30H36N9O2P/c1-19-17-35-30(38-29(19)36-23-7-6-22-27(28(23)42(4)5)34-9-8-33-22)37-24-14-21(20(16-31)18-32-2)25(15-26(24)40-3)39-10-12-41-13-11-39/h6-9,14-18,31-32H,10-13H2,1-5H3,(H2,35,36,37,38)/b20-18+,31-16?. The number of hydrogen-bond donors (Lipinski definition) is 4. The van der Waals surface area contributed by atoms with Crippen LogP contribution in [0.5, 0.6) is 5.75 Å². The smallest absolute Gasteiger partial charge is 0.229 e. The average molecular weight is 586 g/mol. The molecule has 0 bridgehead atoms. The zero-order chi connectivity index (χ0) is 29.6. The van der Waals surface area contributed by atoms with Gasteiger partial charge in [0.05, 0.1) is 37.0 Å². The number of methoxy groups -OCH3 is 1. The fraction of sp³-hybridized carbons (Fsp3) is 0.300. The number of morpholine rings is 1. The molecular weight excluding hydrogens is 549 g/mol. The lowest BCUT2D eigenvalue weighted by atomic mass is 10.0. The highest BCUT2D eigenvalue weighted by atomic mass is 31.1. The van der Waals surface area contributed by atoms with Crippen molar-refractivity contribution in [3.05, 3.63) is 60.2 Å². The number of nitrogens with one attached hydrogen (secondary N) is 4. The third-order valence-electron chi connectivity index (χ3n) is 6.97. The first kappa shape index (κ1) is 29.2. The van der Waals surface area contributed by atoms with Crippen molar-refractivity contribution in [2.24, 2.45) is 0 Å². The van der Waals surface area contributed by atoms with Gasteiger partial charge in [0.25, 0.3) is 0 Å². The van der Waals surface area contributed by atoms with E-state index < -0.39 is 7.92 Å². The summed E-state index contributed by atoms with van der Waals surface area (Å²) in [6.07, 6.45) is 8.39. The van der Waals surface area contributed by atoms with Gasteiger partial charge in [-0.1, -0.05) is 7.92 Å². The van der Waals surface area contributed by atoms with Crippen LogP contribution in [0.15, 0.2) is 49.1 Å². The molecule has 2 aromatic carbocycles. The van der Waals surface area contributed by atoms with Crippen molar-refractivity contribution in [2.45, 2.75) is 6.92 Å². The molecule has 12 heteroatoms. The van der Waals surface area contributed by atoms with Gasteiger partial charge in [-0.25, -0.2) is 4.98 Å². The Labute approximate surface area is 247 Å². The maximum atomic E-state index is 8.09. The normalized spacial score (nSPS) is 13.8. The van der Waals surface area contributed by atoms with Gasteiger partial charge >= 0.3 is 0 Å². The Hall–Kier alpha value is -4.34. The Bertz CT molecular complexity index is 1620. The topological polar surface area (TPSA) is 133 Å². The lowest BCUT2D eigenvalue weighted by Crippen LogP contribution is -2.36. The monoisotopic (exact) mass is 585 g/mol. The van der Waals surface area contributed by atoms with Crippen LogP contribution in [0.3, 0.4) is 0 Å². The fourth-order valence-electron chi connectivity index (χ4n) is 4.94. The van der Waals surface area contributed by atoms with Crippen molar-refractivity contribution in [3.63, 3.8) is 0 Å². The Balaban J connectivity index is 1.52. The number of hydrogen-bond acceptors (Lipinski definition) is 11. The third kappa shape index (κ3) is 6.12. The second-order valence-corrected chi connectivity index (χ2v) is 12.2. The molecule has 42 heavy (non-hydrogen) atoms. The van der Waals surface area contributed by atoms with Gasteiger partial charge in [-0.2, -0.15) is 4.98 Å². The van der Waals surface area contributed by atoms with Crippen LogP contribution in [-0.2, 0) is 4.74 Å². The summed E-state index contributed by atoms with van der Waals surface area (Å²) >= 11 is 0. The van der Waals surface area contributed by atoms with Gasteiger partial charge in [-0.3, -0.25) is 9.97 Å². The van der Waals surface area contributed by atoms with E-state index in [4.69, 9.17) is 19.9 Å². The van der Waals surface area contributed by atoms with Crippen LogP contribution in [0.4, 0.5) is 28.8 Å². The molecule has 0 unspecified atom stereocenters. The Morgan fingerprint density at radius 3 is 2.57 bits per heavy atom. The van der Waals surface area contributed by atoms with Gasteiger partial charge < -0.3 is 35.7 Å². The zero-order valence-corrected chi connectivity index (χ0v) is 25.4. The van der Waals surface area contributed by atoms with Crippen molar-refractivity contribution in [2.75, 3.05) is 69.3 Å². The molecular formula is C30H36N9O2P. The Kier molecular flexibility index (Phi) is 9.09. The highest BCUT2D eigenvalue weighted by molar-refractivity contribution is 7.65. The van der Waals surface area contributed by atoms with E-state index in [9.17, 15) is 0 Å². The Morgan fingerprint density at radius 2 is 1.86 bits per heavy atom. The minimum atomic E-state index is -0.481. The van der Waals surface area contributed by atoms with Gasteiger partial charge in [0, 0.05) is 90.6 Å². The number of benzene rings is 2. The molecule has 0 spiro atoms. The van der Waals surface area contributed by atoms with Crippen LogP contribution in [0.25, 0.3) is 16.6 Å². The van der Waals surface area contributed by atoms with Gasteiger partial charge in [-0.05, 0) is 38.5 Å². The summed E-state index contributed by atoms with van der Waals surface area (Å²) in [6, 6.07) is 7.99. The van der Waals surface area contributed by atoms with Gasteiger partial charge in [-0.15, -0.1) is 0 Å². The summed E-state index contributed by atoms with van der Waals surface area (Å²) in [6.45, 7) is 9.19. The van der Waals surface area contributed by atoms with E-state index in [1.54, 1.807) is 25.7 Å². The second kappa shape index (κ2) is 13.1. The summed E-state index contributed by atoms with van der Waals surface area (Å²) in [4.78, 5) is 20.8. The maximum absolute atomic E-state index is 8.09. The first-order chi connectivity index (χ1) is 20.4. The molecule has 1 aliphatic rings. The van der Waals surface area contributed by atoms with Gasteiger partial charge in [0.1, 0.15) is 11.6 Å². The van der Waals surface area contributed by atoms with E-state index in [1.165, 1.54) is 6.21 Å². The van der Waals surface area contributed by atoms with Crippen LogP contribution in [-0.4, -0.2) is 79.9 Å². The SMILES string of the molecule is CN/C=C(\C=N)c1cc(Nc2ncc(C)c(Nc3ccc4nccnc4c3P(C)C)n2)c(OC)cc1N1CCOCC1. The van der Waals surface area contributed by atoms with Crippen LogP contribution in [0, 0.1) is 12.3 Å². The molecule has 218 valence electrons. The number of nitrogens with zero attached hydrogens (tertiary/aromatic N) is 5. The molecule has 0 radical (unpaired) electrons. The summed E-state index contributed by atoms with van der Waals surface area (Å²) in [5, 5.41) is 19.2. The lowest BCUT2D eigenvalue weighted by molar-refractivity contribution is 0.122. The molecule has 1 fully saturated rings. The van der Waals surface area contributed by atoms with Gasteiger partial charge in [0.15, 0.2) is 0 Å². The summed E-state index contributed by atoms with van der Waals surface area (Å²) in [5.74, 6) is 1.75. The molecule has 2 aromatic heterocycles. The molecule has 3 heterocycles. The molecule has 0 amide bonds. The summed E-state index contributed by atoms with van der Waals surface area (Å²) < 4.78 is 11.4. The molecule has 1 saturated heterocycles. The van der Waals surface area contributed by atoms with Crippen molar-refractivity contribution in [3.8, 4) is 5.75 Å². The lowest BCUT2D eigenvalue weighted by Gasteiger charge is -2.31. The van der Waals surface area contributed by atoms with E-state index in [2.05, 4.69) is 49.1 Å². The maximum Gasteiger partial charge on any atom is 0.229 e. The number of ether oxygens (including phenoxy) is 2. The first-order valence-electron chi connectivity index (χ1n) is 13.6. The molecule has 5 rings (SSSR count). The van der Waals surface area contributed by atoms with Crippen molar-refractivity contribution < 1.29 is 9.47 Å². The predicted octanol–water partition coefficient (Wildman–Crippen LogP) is 4.64. The molecule has 0 atom stereocenters. The number of aryl methyl sites for hydroxylation is 1. The minimum Gasteiger partial charge on any atom is -0.494 e. The first-order valence-corrected chi connectivity index (χ1v) is 15.9. The number of rotatable bonds is 10. The van der Waals surface area contributed by atoms with Gasteiger partial charge in [0.2, 0.25) is 5.95 Å². The predicted molar refractivity (Wildman–Crippen MR) is 173 cm³/mol. The summed E-state index contributed by atoms with van der Waals surface area (Å²) in [5.41, 5.74) is 6.91. The summed E-state index contributed by atoms with van der Waals surface area (Å²) in [7, 11) is 2.99. The average Bonchev–Trinajstić information content (AvgIpc) is 3.01. The number of allylic oxidation sites excluding steroid dienone is 1. The van der Waals surface area contributed by atoms with E-state index in [-0.39, 0.29) is 0 Å². The number of aromatic nitrogens is 4. The molecule has 11 nitrogen and oxygen atoms in total. The minimum absolute atomic E-state index is 0.415. The van der Waals surface area contributed by atoms with Crippen LogP contribution >= 0.6 is 7.92 Å². The zero-order valence-electron chi connectivity index (χ0n) is 24.5. The largest absolute Gasteiger partial charge is 0.494 e. The van der Waals surface area contributed by atoms with Crippen LogP contribution in [0.2, 0.25) is 0 Å². The Morgan fingerprint density at radius 1 is 1.07 bits per heavy atom. The number of fused-ring (bicyclic) bond motifs is 1. The van der Waals surface area contributed by atoms with E-state index in [1.807, 2.05) is 44.4 Å². The van der Waals surface area contributed by atoms with Crippen molar-refractivity contribution in [1.29, 1.82) is 5.41 Å².